The maximum absolute atomic E-state index is 4.04. The third-order valence-corrected chi connectivity index (χ3v) is 5.83. The van der Waals surface area contributed by atoms with Gasteiger partial charge in [0.25, 0.3) is 0 Å². The minimum absolute atomic E-state index is 0.731. The Morgan fingerprint density at radius 2 is 1.65 bits per heavy atom. The van der Waals surface area contributed by atoms with Crippen LogP contribution in [-0.4, -0.2) is 37.1 Å². The van der Waals surface area contributed by atoms with Crippen LogP contribution in [0.15, 0.2) is 24.3 Å². The molecule has 1 aliphatic heterocycles. The van der Waals surface area contributed by atoms with Crippen molar-refractivity contribution in [2.75, 3.05) is 20.1 Å². The van der Waals surface area contributed by atoms with E-state index in [-0.39, 0.29) is 0 Å². The number of hydrogen-bond acceptors (Lipinski definition) is 2. The Morgan fingerprint density at radius 3 is 2.20 bits per heavy atom. The largest absolute Gasteiger partial charge is 0.309 e. The second-order valence-corrected chi connectivity index (χ2v) is 7.21. The van der Waals surface area contributed by atoms with E-state index in [4.69, 9.17) is 0 Å². The lowest BCUT2D eigenvalue weighted by Gasteiger charge is -2.27. The molecule has 1 saturated carbocycles. The van der Waals surface area contributed by atoms with Crippen molar-refractivity contribution < 1.29 is 0 Å². The van der Waals surface area contributed by atoms with Gasteiger partial charge in [0.05, 0.1) is 0 Å². The van der Waals surface area contributed by atoms with Crippen LogP contribution in [0.1, 0.15) is 30.4 Å². The van der Waals surface area contributed by atoms with Gasteiger partial charge in [-0.3, -0.25) is 0 Å². The van der Waals surface area contributed by atoms with Crippen LogP contribution in [0.5, 0.6) is 0 Å². The van der Waals surface area contributed by atoms with E-state index in [9.17, 15) is 0 Å². The van der Waals surface area contributed by atoms with Crippen molar-refractivity contribution in [1.82, 2.24) is 10.2 Å². The SMILES string of the molecule is CN1CCC(NC2C3CCC2Cc2ccccc2C3)C1. The molecule has 0 aromatic heterocycles. The third-order valence-electron chi connectivity index (χ3n) is 5.83. The Morgan fingerprint density at radius 1 is 1.00 bits per heavy atom. The average Bonchev–Trinajstić information content (AvgIpc) is 2.95. The molecule has 2 fully saturated rings. The molecule has 2 bridgehead atoms. The Hall–Kier alpha value is -0.860. The van der Waals surface area contributed by atoms with E-state index in [2.05, 4.69) is 41.5 Å². The predicted octanol–water partition coefficient (Wildman–Crippen LogP) is 2.47. The Labute approximate surface area is 122 Å². The number of nitrogens with zero attached hydrogens (tertiary/aromatic N) is 1. The number of fused-ring (bicyclic) bond motifs is 3. The van der Waals surface area contributed by atoms with Gasteiger partial charge >= 0.3 is 0 Å². The third kappa shape index (κ3) is 2.29. The van der Waals surface area contributed by atoms with E-state index in [1.165, 1.54) is 45.2 Å². The molecule has 0 amide bonds. The van der Waals surface area contributed by atoms with Crippen molar-refractivity contribution in [2.45, 2.75) is 44.2 Å². The zero-order valence-electron chi connectivity index (χ0n) is 12.5. The lowest BCUT2D eigenvalue weighted by atomic mass is 9.94. The monoisotopic (exact) mass is 270 g/mol. The molecule has 1 saturated heterocycles. The number of hydrogen-bond donors (Lipinski definition) is 1. The van der Waals surface area contributed by atoms with E-state index >= 15 is 0 Å². The first kappa shape index (κ1) is 12.8. The highest BCUT2D eigenvalue weighted by atomic mass is 15.2. The molecule has 20 heavy (non-hydrogen) atoms. The maximum Gasteiger partial charge on any atom is 0.0209 e. The molecule has 2 nitrogen and oxygen atoms in total. The Bertz CT molecular complexity index is 451. The Balaban J connectivity index is 1.52. The minimum Gasteiger partial charge on any atom is -0.309 e. The first-order chi connectivity index (χ1) is 9.79. The van der Waals surface area contributed by atoms with E-state index in [0.717, 1.165) is 23.9 Å². The smallest absolute Gasteiger partial charge is 0.0209 e. The second kappa shape index (κ2) is 5.16. The van der Waals surface area contributed by atoms with Crippen LogP contribution in [0.2, 0.25) is 0 Å². The summed E-state index contributed by atoms with van der Waals surface area (Å²) in [5.74, 6) is 1.74. The van der Waals surface area contributed by atoms with Crippen molar-refractivity contribution in [2.24, 2.45) is 11.8 Å². The number of likely N-dealkylation sites (N-methyl/N-ethyl adjacent to an activating group) is 1. The van der Waals surface area contributed by atoms with Crippen molar-refractivity contribution in [3.8, 4) is 0 Å². The molecule has 3 atom stereocenters. The molecular formula is C18H26N2. The summed E-state index contributed by atoms with van der Waals surface area (Å²) in [5.41, 5.74) is 3.24. The van der Waals surface area contributed by atoms with E-state index < -0.39 is 0 Å². The van der Waals surface area contributed by atoms with E-state index in [1.807, 2.05) is 0 Å². The molecule has 0 radical (unpaired) electrons. The van der Waals surface area contributed by atoms with Gasteiger partial charge in [0.15, 0.2) is 0 Å². The zero-order chi connectivity index (χ0) is 13.5. The minimum atomic E-state index is 0.731. The van der Waals surface area contributed by atoms with Gasteiger partial charge in [0.1, 0.15) is 0 Å². The lowest BCUT2D eigenvalue weighted by molar-refractivity contribution is 0.301. The summed E-state index contributed by atoms with van der Waals surface area (Å²) in [4.78, 5) is 2.46. The highest BCUT2D eigenvalue weighted by Crippen LogP contribution is 2.40. The number of likely N-dealkylation sites (tertiary alicyclic amines) is 1. The second-order valence-electron chi connectivity index (χ2n) is 7.21. The standard InChI is InChI=1S/C18H26N2/c1-20-9-8-17(12-20)19-18-15-6-7-16(18)11-14-5-3-2-4-13(14)10-15/h2-5,15-19H,6-12H2,1H3. The highest BCUT2D eigenvalue weighted by Gasteiger charge is 2.40. The van der Waals surface area contributed by atoms with Gasteiger partial charge in [-0.2, -0.15) is 0 Å². The normalized spacial score (nSPS) is 36.9. The topological polar surface area (TPSA) is 15.3 Å². The van der Waals surface area contributed by atoms with Crippen LogP contribution >= 0.6 is 0 Å². The molecule has 1 aromatic carbocycles. The summed E-state index contributed by atoms with van der Waals surface area (Å²) in [6.07, 6.45) is 6.79. The van der Waals surface area contributed by atoms with Crippen LogP contribution in [0, 0.1) is 11.8 Å². The molecule has 3 aliphatic rings. The summed E-state index contributed by atoms with van der Waals surface area (Å²) in [6, 6.07) is 10.6. The molecular weight excluding hydrogens is 244 g/mol. The maximum atomic E-state index is 4.04. The Kier molecular flexibility index (Phi) is 3.31. The number of benzene rings is 1. The fraction of sp³-hybridized carbons (Fsp3) is 0.667. The van der Waals surface area contributed by atoms with Crippen molar-refractivity contribution >= 4 is 0 Å². The first-order valence-electron chi connectivity index (χ1n) is 8.31. The highest BCUT2D eigenvalue weighted by molar-refractivity contribution is 5.30. The summed E-state index contributed by atoms with van der Waals surface area (Å²) >= 11 is 0. The molecule has 2 aliphatic carbocycles. The molecule has 108 valence electrons. The zero-order valence-corrected chi connectivity index (χ0v) is 12.5. The summed E-state index contributed by atoms with van der Waals surface area (Å²) in [7, 11) is 2.25. The quantitative estimate of drug-likeness (QED) is 0.888. The fourth-order valence-electron chi connectivity index (χ4n) is 4.77. The van der Waals surface area contributed by atoms with Crippen LogP contribution in [0.4, 0.5) is 0 Å². The molecule has 0 spiro atoms. The van der Waals surface area contributed by atoms with Gasteiger partial charge < -0.3 is 10.2 Å². The van der Waals surface area contributed by atoms with Crippen molar-refractivity contribution in [3.05, 3.63) is 35.4 Å². The van der Waals surface area contributed by atoms with Crippen LogP contribution in [0.3, 0.4) is 0 Å². The molecule has 3 unspecified atom stereocenters. The molecule has 2 heteroatoms. The molecule has 1 aromatic rings. The number of rotatable bonds is 2. The van der Waals surface area contributed by atoms with Gasteiger partial charge in [-0.1, -0.05) is 24.3 Å². The molecule has 4 rings (SSSR count). The number of nitrogens with one attached hydrogen (secondary N) is 1. The van der Waals surface area contributed by atoms with Gasteiger partial charge in [0, 0.05) is 18.6 Å². The van der Waals surface area contributed by atoms with Crippen molar-refractivity contribution in [1.29, 1.82) is 0 Å². The predicted molar refractivity (Wildman–Crippen MR) is 82.9 cm³/mol. The molecule has 1 N–H and O–H groups in total. The van der Waals surface area contributed by atoms with Gasteiger partial charge in [0.2, 0.25) is 0 Å². The van der Waals surface area contributed by atoms with E-state index in [0.29, 0.717) is 0 Å². The molecule has 1 heterocycles. The van der Waals surface area contributed by atoms with Crippen molar-refractivity contribution in [3.63, 3.8) is 0 Å². The fourth-order valence-corrected chi connectivity index (χ4v) is 4.77. The van der Waals surface area contributed by atoms with Gasteiger partial charge in [-0.25, -0.2) is 0 Å². The summed E-state index contributed by atoms with van der Waals surface area (Å²) in [5, 5.41) is 4.04. The summed E-state index contributed by atoms with van der Waals surface area (Å²) in [6.45, 7) is 2.50. The van der Waals surface area contributed by atoms with E-state index in [1.54, 1.807) is 11.1 Å². The van der Waals surface area contributed by atoms with Gasteiger partial charge in [-0.05, 0) is 68.7 Å². The summed E-state index contributed by atoms with van der Waals surface area (Å²) < 4.78 is 0. The van der Waals surface area contributed by atoms with Crippen LogP contribution < -0.4 is 5.32 Å². The first-order valence-corrected chi connectivity index (χ1v) is 8.31. The average molecular weight is 270 g/mol. The van der Waals surface area contributed by atoms with Crippen LogP contribution in [0.25, 0.3) is 0 Å². The van der Waals surface area contributed by atoms with Gasteiger partial charge in [-0.15, -0.1) is 0 Å². The van der Waals surface area contributed by atoms with Crippen LogP contribution in [-0.2, 0) is 12.8 Å². The lowest BCUT2D eigenvalue weighted by Crippen LogP contribution is -2.45.